The lowest BCUT2D eigenvalue weighted by molar-refractivity contribution is -0.130. The van der Waals surface area contributed by atoms with Crippen molar-refractivity contribution in [3.05, 3.63) is 28.0 Å². The predicted octanol–water partition coefficient (Wildman–Crippen LogP) is 1.97. The lowest BCUT2D eigenvalue weighted by atomic mass is 10.0. The van der Waals surface area contributed by atoms with Crippen molar-refractivity contribution in [1.29, 1.82) is 0 Å². The highest BCUT2D eigenvalue weighted by Gasteiger charge is 2.27. The molecule has 3 heterocycles. The maximum atomic E-state index is 12.7. The van der Waals surface area contributed by atoms with Crippen LogP contribution in [0.4, 0.5) is 0 Å². The Morgan fingerprint density at radius 2 is 2.17 bits per heavy atom. The van der Waals surface area contributed by atoms with E-state index in [4.69, 9.17) is 9.84 Å². The first-order valence-corrected chi connectivity index (χ1v) is 9.61. The number of likely N-dealkylation sites (tertiary alicyclic amines) is 1. The molecule has 1 N–H and O–H groups in total. The van der Waals surface area contributed by atoms with Crippen LogP contribution in [0.25, 0.3) is 6.08 Å². The molecular weight excluding hydrogens is 324 g/mol. The number of rotatable bonds is 5. The van der Waals surface area contributed by atoms with Gasteiger partial charge in [-0.05, 0) is 42.3 Å². The van der Waals surface area contributed by atoms with Gasteiger partial charge in [0.15, 0.2) is 0 Å². The van der Waals surface area contributed by atoms with Crippen LogP contribution in [0, 0.1) is 0 Å². The fourth-order valence-electron chi connectivity index (χ4n) is 3.38. The van der Waals surface area contributed by atoms with E-state index in [1.807, 2.05) is 22.4 Å². The Balaban J connectivity index is 1.59. The predicted molar refractivity (Wildman–Crippen MR) is 95.9 cm³/mol. The van der Waals surface area contributed by atoms with Gasteiger partial charge in [0.1, 0.15) is 0 Å². The van der Waals surface area contributed by atoms with E-state index in [0.717, 1.165) is 62.7 Å². The highest BCUT2D eigenvalue weighted by Crippen LogP contribution is 2.20. The second kappa shape index (κ2) is 8.76. The first-order valence-electron chi connectivity index (χ1n) is 8.73. The fourth-order valence-corrected chi connectivity index (χ4v) is 4.17. The number of nitrogens with zero attached hydrogens (tertiary/aromatic N) is 2. The van der Waals surface area contributed by atoms with E-state index in [0.29, 0.717) is 6.04 Å². The van der Waals surface area contributed by atoms with Gasteiger partial charge in [0.05, 0.1) is 19.8 Å². The molecule has 3 rings (SSSR count). The lowest BCUT2D eigenvalue weighted by Gasteiger charge is -2.39. The van der Waals surface area contributed by atoms with Crippen molar-refractivity contribution in [1.82, 2.24) is 9.80 Å². The SMILES string of the molecule is O=C(C=Cc1cc(CO)cs1)N1CCCCC1CN1CCOCC1. The van der Waals surface area contributed by atoms with Gasteiger partial charge in [-0.25, -0.2) is 0 Å². The molecule has 0 aromatic carbocycles. The van der Waals surface area contributed by atoms with Crippen molar-refractivity contribution in [3.8, 4) is 0 Å². The second-order valence-electron chi connectivity index (χ2n) is 6.44. The highest BCUT2D eigenvalue weighted by atomic mass is 32.1. The maximum absolute atomic E-state index is 12.7. The molecule has 0 saturated carbocycles. The van der Waals surface area contributed by atoms with Crippen LogP contribution in [0.3, 0.4) is 0 Å². The number of hydrogen-bond acceptors (Lipinski definition) is 5. The summed E-state index contributed by atoms with van der Waals surface area (Å²) in [6.45, 7) is 5.38. The summed E-state index contributed by atoms with van der Waals surface area (Å²) in [4.78, 5) is 18.1. The minimum absolute atomic E-state index is 0.0477. The van der Waals surface area contributed by atoms with Crippen LogP contribution >= 0.6 is 11.3 Å². The Hall–Kier alpha value is -1.21. The van der Waals surface area contributed by atoms with Gasteiger partial charge >= 0.3 is 0 Å². The second-order valence-corrected chi connectivity index (χ2v) is 7.39. The van der Waals surface area contributed by atoms with E-state index in [2.05, 4.69) is 4.90 Å². The number of carbonyl (C=O) groups is 1. The van der Waals surface area contributed by atoms with E-state index >= 15 is 0 Å². The summed E-state index contributed by atoms with van der Waals surface area (Å²) in [6.07, 6.45) is 6.93. The third-order valence-electron chi connectivity index (χ3n) is 4.73. The van der Waals surface area contributed by atoms with Gasteiger partial charge in [-0.15, -0.1) is 11.3 Å². The van der Waals surface area contributed by atoms with Crippen LogP contribution in [-0.4, -0.2) is 66.2 Å². The summed E-state index contributed by atoms with van der Waals surface area (Å²) < 4.78 is 5.41. The molecule has 132 valence electrons. The first kappa shape index (κ1) is 17.6. The zero-order valence-electron chi connectivity index (χ0n) is 14.0. The van der Waals surface area contributed by atoms with Gasteiger partial charge in [0, 0.05) is 43.2 Å². The molecular formula is C18H26N2O3S. The number of hydrogen-bond donors (Lipinski definition) is 1. The summed E-state index contributed by atoms with van der Waals surface area (Å²) in [7, 11) is 0. The van der Waals surface area contributed by atoms with Gasteiger partial charge in [-0.3, -0.25) is 9.69 Å². The Bertz CT molecular complexity index is 566. The zero-order chi connectivity index (χ0) is 16.8. The van der Waals surface area contributed by atoms with Crippen molar-refractivity contribution < 1.29 is 14.6 Å². The molecule has 1 atom stereocenters. The van der Waals surface area contributed by atoms with Crippen LogP contribution in [-0.2, 0) is 16.1 Å². The third-order valence-corrected chi connectivity index (χ3v) is 5.68. The molecule has 2 saturated heterocycles. The summed E-state index contributed by atoms with van der Waals surface area (Å²) in [5.74, 6) is 0.104. The Labute approximate surface area is 147 Å². The standard InChI is InChI=1S/C18H26N2O3S/c21-13-15-11-17(24-14-15)4-5-18(22)20-6-2-1-3-16(20)12-19-7-9-23-10-8-19/h4-5,11,14,16,21H,1-3,6-10,12-13H2. The number of piperidine rings is 1. The van der Waals surface area contributed by atoms with E-state index in [-0.39, 0.29) is 12.5 Å². The van der Waals surface area contributed by atoms with E-state index < -0.39 is 0 Å². The molecule has 1 aromatic rings. The first-order chi connectivity index (χ1) is 11.8. The monoisotopic (exact) mass is 350 g/mol. The van der Waals surface area contributed by atoms with Crippen LogP contribution in [0.2, 0.25) is 0 Å². The number of thiophene rings is 1. The summed E-state index contributed by atoms with van der Waals surface area (Å²) >= 11 is 1.55. The average Bonchev–Trinajstić information content (AvgIpc) is 3.09. The Morgan fingerprint density at radius 1 is 1.33 bits per heavy atom. The molecule has 2 aliphatic heterocycles. The van der Waals surface area contributed by atoms with Crippen molar-refractivity contribution >= 4 is 23.3 Å². The molecule has 1 unspecified atom stereocenters. The molecule has 5 nitrogen and oxygen atoms in total. The van der Waals surface area contributed by atoms with Crippen molar-refractivity contribution in [2.75, 3.05) is 39.4 Å². The molecule has 0 radical (unpaired) electrons. The molecule has 6 heteroatoms. The minimum atomic E-state index is 0.0477. The van der Waals surface area contributed by atoms with Crippen molar-refractivity contribution in [2.45, 2.75) is 31.9 Å². The minimum Gasteiger partial charge on any atom is -0.392 e. The van der Waals surface area contributed by atoms with Crippen LogP contribution < -0.4 is 0 Å². The summed E-state index contributed by atoms with van der Waals surface area (Å²) in [6, 6.07) is 2.24. The normalized spacial score (nSPS) is 23.0. The van der Waals surface area contributed by atoms with Crippen LogP contribution in [0.5, 0.6) is 0 Å². The Kier molecular flexibility index (Phi) is 6.43. The number of ether oxygens (including phenoxy) is 1. The van der Waals surface area contributed by atoms with Crippen molar-refractivity contribution in [3.63, 3.8) is 0 Å². The van der Waals surface area contributed by atoms with Crippen LogP contribution in [0.15, 0.2) is 17.5 Å². The van der Waals surface area contributed by atoms with Gasteiger partial charge in [-0.1, -0.05) is 0 Å². The Morgan fingerprint density at radius 3 is 2.92 bits per heavy atom. The van der Waals surface area contributed by atoms with Gasteiger partial charge < -0.3 is 14.7 Å². The summed E-state index contributed by atoms with van der Waals surface area (Å²) in [5, 5.41) is 11.0. The smallest absolute Gasteiger partial charge is 0.246 e. The van der Waals surface area contributed by atoms with E-state index in [1.165, 1.54) is 6.42 Å². The number of aliphatic hydroxyl groups excluding tert-OH is 1. The molecule has 0 aliphatic carbocycles. The third kappa shape index (κ3) is 4.66. The van der Waals surface area contributed by atoms with Crippen LogP contribution in [0.1, 0.15) is 29.7 Å². The molecule has 0 bridgehead atoms. The fraction of sp³-hybridized carbons (Fsp3) is 0.611. The number of carbonyl (C=O) groups excluding carboxylic acids is 1. The molecule has 2 fully saturated rings. The van der Waals surface area contributed by atoms with Gasteiger partial charge in [0.25, 0.3) is 0 Å². The molecule has 24 heavy (non-hydrogen) atoms. The van der Waals surface area contributed by atoms with E-state index in [1.54, 1.807) is 17.4 Å². The number of morpholine rings is 1. The topological polar surface area (TPSA) is 53.0 Å². The van der Waals surface area contributed by atoms with E-state index in [9.17, 15) is 4.79 Å². The van der Waals surface area contributed by atoms with Gasteiger partial charge in [0.2, 0.25) is 5.91 Å². The zero-order valence-corrected chi connectivity index (χ0v) is 14.8. The molecule has 0 spiro atoms. The quantitative estimate of drug-likeness (QED) is 0.825. The molecule has 1 amide bonds. The highest BCUT2D eigenvalue weighted by molar-refractivity contribution is 7.11. The average molecular weight is 350 g/mol. The molecule has 2 aliphatic rings. The molecule has 1 aromatic heterocycles. The maximum Gasteiger partial charge on any atom is 0.246 e. The number of aliphatic hydroxyl groups is 1. The largest absolute Gasteiger partial charge is 0.392 e. The number of amides is 1. The summed E-state index contributed by atoms with van der Waals surface area (Å²) in [5.41, 5.74) is 0.898. The van der Waals surface area contributed by atoms with Gasteiger partial charge in [-0.2, -0.15) is 0 Å². The lowest BCUT2D eigenvalue weighted by Crippen LogP contribution is -2.51. The van der Waals surface area contributed by atoms with Crippen molar-refractivity contribution in [2.24, 2.45) is 0 Å².